The molecule has 0 aromatic rings. The quantitative estimate of drug-likeness (QED) is 0.534. The Hall–Kier alpha value is -2.18. The summed E-state index contributed by atoms with van der Waals surface area (Å²) in [6.07, 6.45) is -0.123. The molecule has 1 fully saturated rings. The van der Waals surface area contributed by atoms with Crippen LogP contribution < -0.4 is 0 Å². The number of aliphatic carboxylic acids is 1. The number of carbonyl (C=O) groups is 4. The van der Waals surface area contributed by atoms with E-state index < -0.39 is 35.8 Å². The minimum atomic E-state index is -1.55. The molecule has 0 bridgehead atoms. The van der Waals surface area contributed by atoms with Crippen molar-refractivity contribution in [2.24, 2.45) is 5.41 Å². The number of hydrogen-bond acceptors (Lipinski definition) is 4. The summed E-state index contributed by atoms with van der Waals surface area (Å²) < 4.78 is 0. The summed E-state index contributed by atoms with van der Waals surface area (Å²) in [6, 6.07) is -1.55. The molecular formula is C11H13NO6. The van der Waals surface area contributed by atoms with E-state index in [9.17, 15) is 19.2 Å². The summed E-state index contributed by atoms with van der Waals surface area (Å²) in [5, 5.41) is 18.0. The molecular weight excluding hydrogens is 242 g/mol. The molecule has 1 heterocycles. The molecule has 0 aliphatic carbocycles. The average Bonchev–Trinajstić information content (AvgIpc) is 2.54. The van der Waals surface area contributed by atoms with Gasteiger partial charge in [-0.25, -0.2) is 9.59 Å². The molecule has 1 rings (SSSR count). The lowest BCUT2D eigenvalue weighted by atomic mass is 9.74. The Morgan fingerprint density at radius 2 is 2.06 bits per heavy atom. The molecule has 18 heavy (non-hydrogen) atoms. The zero-order chi connectivity index (χ0) is 13.9. The van der Waals surface area contributed by atoms with Gasteiger partial charge in [-0.05, 0) is 6.42 Å². The van der Waals surface area contributed by atoms with Gasteiger partial charge in [-0.2, -0.15) is 0 Å². The van der Waals surface area contributed by atoms with Crippen LogP contribution in [0.1, 0.15) is 12.8 Å². The van der Waals surface area contributed by atoms with Gasteiger partial charge in [0.25, 0.3) is 0 Å². The molecule has 7 heteroatoms. The van der Waals surface area contributed by atoms with Crippen LogP contribution in [0.2, 0.25) is 0 Å². The number of nitrogens with zero attached hydrogens (tertiary/aromatic N) is 1. The predicted octanol–water partition coefficient (Wildman–Crippen LogP) is 0.154. The SMILES string of the molecule is C=CCC1(CC=O)C(=O)CN(C(=O)O)[C@@H]1C(=O)O. The molecule has 1 aliphatic rings. The van der Waals surface area contributed by atoms with Crippen LogP contribution in [0.5, 0.6) is 0 Å². The van der Waals surface area contributed by atoms with Gasteiger partial charge in [-0.3, -0.25) is 9.69 Å². The van der Waals surface area contributed by atoms with E-state index in [0.29, 0.717) is 11.2 Å². The molecule has 2 atom stereocenters. The summed E-state index contributed by atoms with van der Waals surface area (Å²) in [6.45, 7) is 2.90. The third-order valence-corrected chi connectivity index (χ3v) is 3.14. The van der Waals surface area contributed by atoms with Crippen molar-refractivity contribution in [3.05, 3.63) is 12.7 Å². The predicted molar refractivity (Wildman–Crippen MR) is 59.1 cm³/mol. The van der Waals surface area contributed by atoms with Crippen molar-refractivity contribution in [2.45, 2.75) is 18.9 Å². The highest BCUT2D eigenvalue weighted by molar-refractivity contribution is 6.01. The zero-order valence-electron chi connectivity index (χ0n) is 9.54. The topological polar surface area (TPSA) is 112 Å². The van der Waals surface area contributed by atoms with Crippen LogP contribution in [-0.4, -0.2) is 51.8 Å². The van der Waals surface area contributed by atoms with E-state index in [0.717, 1.165) is 0 Å². The number of likely N-dealkylation sites (tertiary alicyclic amines) is 1. The first-order valence-corrected chi connectivity index (χ1v) is 5.21. The minimum absolute atomic E-state index is 0.0503. The normalized spacial score (nSPS) is 27.0. The number of carbonyl (C=O) groups excluding carboxylic acids is 2. The Balaban J connectivity index is 3.30. The van der Waals surface area contributed by atoms with Gasteiger partial charge < -0.3 is 15.0 Å². The Kier molecular flexibility index (Phi) is 3.85. The fourth-order valence-electron chi connectivity index (χ4n) is 2.34. The van der Waals surface area contributed by atoms with Gasteiger partial charge in [0.05, 0.1) is 12.0 Å². The van der Waals surface area contributed by atoms with E-state index in [1.165, 1.54) is 6.08 Å². The van der Waals surface area contributed by atoms with Crippen molar-refractivity contribution < 1.29 is 29.4 Å². The van der Waals surface area contributed by atoms with Crippen LogP contribution in [-0.2, 0) is 14.4 Å². The van der Waals surface area contributed by atoms with E-state index in [4.69, 9.17) is 10.2 Å². The van der Waals surface area contributed by atoms with Crippen LogP contribution in [0.4, 0.5) is 4.79 Å². The largest absolute Gasteiger partial charge is 0.480 e. The third kappa shape index (κ3) is 1.99. The van der Waals surface area contributed by atoms with E-state index in [1.807, 2.05) is 0 Å². The van der Waals surface area contributed by atoms with Crippen molar-refractivity contribution in [1.29, 1.82) is 0 Å². The molecule has 2 N–H and O–H groups in total. The Labute approximate surface area is 103 Å². The minimum Gasteiger partial charge on any atom is -0.480 e. The zero-order valence-corrected chi connectivity index (χ0v) is 9.54. The fourth-order valence-corrected chi connectivity index (χ4v) is 2.34. The van der Waals surface area contributed by atoms with Gasteiger partial charge in [-0.15, -0.1) is 6.58 Å². The lowest BCUT2D eigenvalue weighted by Gasteiger charge is -2.30. The van der Waals surface area contributed by atoms with E-state index >= 15 is 0 Å². The maximum Gasteiger partial charge on any atom is 0.408 e. The Bertz CT molecular complexity index is 406. The standard InChI is InChI=1S/C11H13NO6/c1-2-3-11(4-5-13)7(14)6-12(10(17)18)8(11)9(15)16/h2,5,8H,1,3-4,6H2,(H,15,16)(H,17,18)/t8-,11?/m1/s1. The van der Waals surface area contributed by atoms with Crippen molar-refractivity contribution in [3.8, 4) is 0 Å². The van der Waals surface area contributed by atoms with Gasteiger partial charge in [0, 0.05) is 6.42 Å². The molecule has 7 nitrogen and oxygen atoms in total. The first-order valence-electron chi connectivity index (χ1n) is 5.21. The highest BCUT2D eigenvalue weighted by Gasteiger charge is 2.58. The van der Waals surface area contributed by atoms with Crippen LogP contribution >= 0.6 is 0 Å². The first-order chi connectivity index (χ1) is 8.40. The average molecular weight is 255 g/mol. The number of carboxylic acids is 1. The summed E-state index contributed by atoms with van der Waals surface area (Å²) >= 11 is 0. The van der Waals surface area contributed by atoms with E-state index in [-0.39, 0.29) is 12.8 Å². The number of allylic oxidation sites excluding steroid dienone is 1. The molecule has 0 aromatic carbocycles. The van der Waals surface area contributed by atoms with Crippen molar-refractivity contribution in [3.63, 3.8) is 0 Å². The number of hydrogen-bond donors (Lipinski definition) is 2. The van der Waals surface area contributed by atoms with Gasteiger partial charge in [0.15, 0.2) is 5.78 Å². The van der Waals surface area contributed by atoms with Gasteiger partial charge in [0.2, 0.25) is 0 Å². The van der Waals surface area contributed by atoms with E-state index in [1.54, 1.807) is 0 Å². The Morgan fingerprint density at radius 1 is 1.44 bits per heavy atom. The van der Waals surface area contributed by atoms with Gasteiger partial charge in [0.1, 0.15) is 12.3 Å². The molecule has 1 aliphatic heterocycles. The maximum absolute atomic E-state index is 11.9. The Morgan fingerprint density at radius 3 is 2.44 bits per heavy atom. The van der Waals surface area contributed by atoms with Crippen LogP contribution in [0, 0.1) is 5.41 Å². The van der Waals surface area contributed by atoms with Crippen molar-refractivity contribution in [1.82, 2.24) is 4.90 Å². The summed E-state index contributed by atoms with van der Waals surface area (Å²) in [5.41, 5.74) is -1.53. The van der Waals surface area contributed by atoms with Crippen LogP contribution in [0.3, 0.4) is 0 Å². The van der Waals surface area contributed by atoms with Crippen LogP contribution in [0.15, 0.2) is 12.7 Å². The molecule has 1 saturated heterocycles. The number of amides is 1. The number of aldehydes is 1. The smallest absolute Gasteiger partial charge is 0.408 e. The monoisotopic (exact) mass is 255 g/mol. The fraction of sp³-hybridized carbons (Fsp3) is 0.455. The molecule has 0 aromatic heterocycles. The molecule has 0 radical (unpaired) electrons. The number of ketones is 1. The molecule has 0 saturated carbocycles. The van der Waals surface area contributed by atoms with Gasteiger partial charge in [-0.1, -0.05) is 6.08 Å². The van der Waals surface area contributed by atoms with Crippen molar-refractivity contribution >= 4 is 24.1 Å². The summed E-state index contributed by atoms with van der Waals surface area (Å²) in [5.74, 6) is -2.00. The molecule has 0 spiro atoms. The van der Waals surface area contributed by atoms with E-state index in [2.05, 4.69) is 6.58 Å². The maximum atomic E-state index is 11.9. The summed E-state index contributed by atoms with van der Waals surface area (Å²) in [7, 11) is 0. The van der Waals surface area contributed by atoms with Crippen molar-refractivity contribution in [2.75, 3.05) is 6.54 Å². The molecule has 1 unspecified atom stereocenters. The highest BCUT2D eigenvalue weighted by atomic mass is 16.4. The molecule has 98 valence electrons. The second-order valence-corrected chi connectivity index (χ2v) is 4.09. The second kappa shape index (κ2) is 4.99. The number of carboxylic acid groups (broad SMARTS) is 2. The highest BCUT2D eigenvalue weighted by Crippen LogP contribution is 2.40. The lowest BCUT2D eigenvalue weighted by Crippen LogP contribution is -2.48. The third-order valence-electron chi connectivity index (χ3n) is 3.14. The first kappa shape index (κ1) is 13.9. The molecule has 1 amide bonds. The summed E-state index contributed by atoms with van der Waals surface area (Å²) in [4.78, 5) is 45.3. The van der Waals surface area contributed by atoms with Crippen LogP contribution in [0.25, 0.3) is 0 Å². The number of Topliss-reactive ketones (excluding diaryl/α,β-unsaturated/α-hetero) is 1. The number of rotatable bonds is 5. The van der Waals surface area contributed by atoms with Gasteiger partial charge >= 0.3 is 12.1 Å². The lowest BCUT2D eigenvalue weighted by molar-refractivity contribution is -0.147. The second-order valence-electron chi connectivity index (χ2n) is 4.09.